The molecule has 8 nitrogen and oxygen atoms in total. The first-order valence-electron chi connectivity index (χ1n) is 14.0. The molecule has 1 atom stereocenters. The molecule has 0 saturated heterocycles. The zero-order chi connectivity index (χ0) is 29.4. The minimum Gasteiger partial charge on any atom is -0.495 e. The zero-order valence-electron chi connectivity index (χ0n) is 24.0. The smallest absolute Gasteiger partial charge is 0.244 e. The van der Waals surface area contributed by atoms with Gasteiger partial charge in [0, 0.05) is 19.0 Å². The van der Waals surface area contributed by atoms with Crippen LogP contribution in [0.3, 0.4) is 0 Å². The van der Waals surface area contributed by atoms with Gasteiger partial charge in [-0.3, -0.25) is 13.9 Å². The van der Waals surface area contributed by atoms with Crippen molar-refractivity contribution in [3.05, 3.63) is 95.6 Å². The second-order valence-corrected chi connectivity index (χ2v) is 12.6. The fourth-order valence-electron chi connectivity index (χ4n) is 5.29. The minimum atomic E-state index is -3.89. The van der Waals surface area contributed by atoms with E-state index >= 15 is 0 Å². The van der Waals surface area contributed by atoms with Crippen LogP contribution in [0.5, 0.6) is 5.75 Å². The Morgan fingerprint density at radius 2 is 1.56 bits per heavy atom. The molecular formula is C32H39N3O5S. The van der Waals surface area contributed by atoms with E-state index < -0.39 is 28.5 Å². The first kappa shape index (κ1) is 30.1. The lowest BCUT2D eigenvalue weighted by atomic mass is 10.0. The van der Waals surface area contributed by atoms with Gasteiger partial charge in [0.15, 0.2) is 0 Å². The summed E-state index contributed by atoms with van der Waals surface area (Å²) >= 11 is 0. The standard InChI is InChI=1S/C32H39N3O5S/c1-24-18-19-30(40-2)28(20-24)35(41(3,38)39)23-31(36)34(22-26-14-8-5-9-15-26)29(21-25-12-6-4-7-13-25)32(37)33-27-16-10-11-17-27/h4-9,12-15,18-20,27,29H,10-11,16-17,21-23H2,1-3H3,(H,33,37). The largest absolute Gasteiger partial charge is 0.495 e. The third kappa shape index (κ3) is 8.10. The Hall–Kier alpha value is -3.85. The molecule has 0 bridgehead atoms. The molecule has 0 aromatic heterocycles. The van der Waals surface area contributed by atoms with Gasteiger partial charge in [0.25, 0.3) is 0 Å². The second kappa shape index (κ2) is 13.7. The summed E-state index contributed by atoms with van der Waals surface area (Å²) in [4.78, 5) is 29.6. The van der Waals surface area contributed by atoms with Crippen LogP contribution in [-0.2, 0) is 32.6 Å². The van der Waals surface area contributed by atoms with E-state index in [2.05, 4.69) is 5.32 Å². The van der Waals surface area contributed by atoms with Gasteiger partial charge in [-0.1, -0.05) is 79.6 Å². The van der Waals surface area contributed by atoms with E-state index in [-0.39, 0.29) is 24.2 Å². The molecule has 1 N–H and O–H groups in total. The van der Waals surface area contributed by atoms with Crippen LogP contribution >= 0.6 is 0 Å². The molecule has 1 fully saturated rings. The molecule has 0 radical (unpaired) electrons. The van der Waals surface area contributed by atoms with Crippen molar-refractivity contribution in [2.45, 2.75) is 57.7 Å². The van der Waals surface area contributed by atoms with Gasteiger partial charge in [-0.25, -0.2) is 8.42 Å². The van der Waals surface area contributed by atoms with E-state index in [1.54, 1.807) is 12.1 Å². The first-order valence-corrected chi connectivity index (χ1v) is 15.8. The summed E-state index contributed by atoms with van der Waals surface area (Å²) in [5, 5.41) is 3.18. The summed E-state index contributed by atoms with van der Waals surface area (Å²) in [7, 11) is -2.43. The third-order valence-corrected chi connectivity index (χ3v) is 8.58. The van der Waals surface area contributed by atoms with Crippen LogP contribution in [0, 0.1) is 6.92 Å². The molecule has 0 aliphatic heterocycles. The van der Waals surface area contributed by atoms with E-state index in [1.807, 2.05) is 73.7 Å². The van der Waals surface area contributed by atoms with E-state index in [1.165, 1.54) is 12.0 Å². The van der Waals surface area contributed by atoms with E-state index in [4.69, 9.17) is 4.74 Å². The number of carbonyl (C=O) groups is 2. The number of nitrogens with zero attached hydrogens (tertiary/aromatic N) is 2. The van der Waals surface area contributed by atoms with Gasteiger partial charge >= 0.3 is 0 Å². The van der Waals surface area contributed by atoms with Gasteiger partial charge < -0.3 is 15.0 Å². The number of aryl methyl sites for hydroxylation is 1. The van der Waals surface area contributed by atoms with Crippen molar-refractivity contribution >= 4 is 27.5 Å². The Bertz CT molecular complexity index is 1420. The summed E-state index contributed by atoms with van der Waals surface area (Å²) in [6.07, 6.45) is 5.30. The molecular weight excluding hydrogens is 538 g/mol. The summed E-state index contributed by atoms with van der Waals surface area (Å²) in [6.45, 7) is 1.52. The fourth-order valence-corrected chi connectivity index (χ4v) is 6.14. The molecule has 3 aromatic rings. The lowest BCUT2D eigenvalue weighted by Crippen LogP contribution is -2.54. The van der Waals surface area contributed by atoms with Gasteiger partial charge in [-0.15, -0.1) is 0 Å². The molecule has 2 amide bonds. The summed E-state index contributed by atoms with van der Waals surface area (Å²) in [6, 6.07) is 23.4. The van der Waals surface area contributed by atoms with Gasteiger partial charge in [-0.2, -0.15) is 0 Å². The molecule has 1 unspecified atom stereocenters. The molecule has 41 heavy (non-hydrogen) atoms. The third-order valence-electron chi connectivity index (χ3n) is 7.45. The van der Waals surface area contributed by atoms with Gasteiger partial charge in [0.2, 0.25) is 21.8 Å². The van der Waals surface area contributed by atoms with Crippen LogP contribution < -0.4 is 14.4 Å². The highest BCUT2D eigenvalue weighted by molar-refractivity contribution is 7.92. The minimum absolute atomic E-state index is 0.0681. The maximum Gasteiger partial charge on any atom is 0.244 e. The molecule has 1 aliphatic carbocycles. The Morgan fingerprint density at radius 3 is 2.15 bits per heavy atom. The lowest BCUT2D eigenvalue weighted by molar-refractivity contribution is -0.140. The highest BCUT2D eigenvalue weighted by Crippen LogP contribution is 2.31. The molecule has 4 rings (SSSR count). The van der Waals surface area contributed by atoms with Gasteiger partial charge in [0.1, 0.15) is 18.3 Å². The van der Waals surface area contributed by atoms with Crippen molar-refractivity contribution in [3.8, 4) is 5.75 Å². The lowest BCUT2D eigenvalue weighted by Gasteiger charge is -2.34. The van der Waals surface area contributed by atoms with Crippen LogP contribution in [-0.4, -0.2) is 57.1 Å². The van der Waals surface area contributed by atoms with Crippen molar-refractivity contribution in [1.29, 1.82) is 0 Å². The molecule has 1 aliphatic rings. The predicted octanol–water partition coefficient (Wildman–Crippen LogP) is 4.47. The van der Waals surface area contributed by atoms with Crippen molar-refractivity contribution in [1.82, 2.24) is 10.2 Å². The molecule has 0 spiro atoms. The van der Waals surface area contributed by atoms with E-state index in [0.717, 1.165) is 52.9 Å². The van der Waals surface area contributed by atoms with Crippen molar-refractivity contribution in [2.24, 2.45) is 0 Å². The topological polar surface area (TPSA) is 96.0 Å². The number of sulfonamides is 1. The number of amides is 2. The van der Waals surface area contributed by atoms with Crippen LogP contribution in [0.2, 0.25) is 0 Å². The maximum atomic E-state index is 14.2. The number of carbonyl (C=O) groups excluding carboxylic acids is 2. The highest BCUT2D eigenvalue weighted by Gasteiger charge is 2.34. The van der Waals surface area contributed by atoms with Gasteiger partial charge in [0.05, 0.1) is 19.1 Å². The summed E-state index contributed by atoms with van der Waals surface area (Å²) in [5.41, 5.74) is 2.84. The molecule has 3 aromatic carbocycles. The first-order chi connectivity index (χ1) is 19.7. The second-order valence-electron chi connectivity index (χ2n) is 10.6. The predicted molar refractivity (Wildman–Crippen MR) is 161 cm³/mol. The molecule has 9 heteroatoms. The van der Waals surface area contributed by atoms with Crippen molar-refractivity contribution < 1.29 is 22.7 Å². The Labute approximate surface area is 243 Å². The molecule has 0 heterocycles. The Balaban J connectivity index is 1.74. The molecule has 1 saturated carbocycles. The van der Waals surface area contributed by atoms with Gasteiger partial charge in [-0.05, 0) is 48.6 Å². The summed E-state index contributed by atoms with van der Waals surface area (Å²) < 4.78 is 32.7. The number of hydrogen-bond donors (Lipinski definition) is 1. The average molecular weight is 578 g/mol. The van der Waals surface area contributed by atoms with Crippen LogP contribution in [0.4, 0.5) is 5.69 Å². The van der Waals surface area contributed by atoms with Crippen LogP contribution in [0.1, 0.15) is 42.4 Å². The number of ether oxygens (including phenoxy) is 1. The number of nitrogens with one attached hydrogen (secondary N) is 1. The highest BCUT2D eigenvalue weighted by atomic mass is 32.2. The number of hydrogen-bond acceptors (Lipinski definition) is 5. The zero-order valence-corrected chi connectivity index (χ0v) is 24.8. The maximum absolute atomic E-state index is 14.2. The number of rotatable bonds is 12. The number of anilines is 1. The Kier molecular flexibility index (Phi) is 10.0. The molecule has 218 valence electrons. The normalized spacial score (nSPS) is 14.3. The van der Waals surface area contributed by atoms with Crippen molar-refractivity contribution in [3.63, 3.8) is 0 Å². The van der Waals surface area contributed by atoms with Crippen molar-refractivity contribution in [2.75, 3.05) is 24.2 Å². The average Bonchev–Trinajstić information content (AvgIpc) is 3.47. The van der Waals surface area contributed by atoms with E-state index in [0.29, 0.717) is 12.2 Å². The summed E-state index contributed by atoms with van der Waals surface area (Å²) in [5.74, 6) is -0.377. The van der Waals surface area contributed by atoms with Crippen LogP contribution in [0.15, 0.2) is 78.9 Å². The Morgan fingerprint density at radius 1 is 0.951 bits per heavy atom. The van der Waals surface area contributed by atoms with E-state index in [9.17, 15) is 18.0 Å². The SMILES string of the molecule is COc1ccc(C)cc1N(CC(=O)N(Cc1ccccc1)C(Cc1ccccc1)C(=O)NC1CCCC1)S(C)(=O)=O. The quantitative estimate of drug-likeness (QED) is 0.343. The monoisotopic (exact) mass is 577 g/mol. The van der Waals surface area contributed by atoms with Crippen LogP contribution in [0.25, 0.3) is 0 Å². The fraction of sp³-hybridized carbons (Fsp3) is 0.375. The number of methoxy groups -OCH3 is 1. The number of benzene rings is 3.